The fraction of sp³-hybridized carbons (Fsp3) is 0.857. The van der Waals surface area contributed by atoms with Gasteiger partial charge in [0, 0.05) is 30.3 Å². The molecule has 0 saturated heterocycles. The zero-order valence-electron chi connectivity index (χ0n) is 21.1. The quantitative estimate of drug-likeness (QED) is 0.341. The van der Waals surface area contributed by atoms with E-state index in [-0.39, 0.29) is 10.8 Å². The Labute approximate surface area is 197 Å². The molecule has 0 aromatic rings. The molecule has 0 bridgehead atoms. The van der Waals surface area contributed by atoms with Gasteiger partial charge in [-0.25, -0.2) is 0 Å². The number of carbonyl (C=O) groups excluding carboxylic acids is 2. The van der Waals surface area contributed by atoms with Crippen LogP contribution >= 0.6 is 0 Å². The number of rotatable bonds is 9. The molecule has 0 amide bonds. The summed E-state index contributed by atoms with van der Waals surface area (Å²) in [5, 5.41) is 0. The smallest absolute Gasteiger partial charge is 0.192 e. The van der Waals surface area contributed by atoms with Gasteiger partial charge in [-0.1, -0.05) is 52.5 Å². The van der Waals surface area contributed by atoms with Crippen molar-refractivity contribution in [2.45, 2.75) is 116 Å². The molecule has 180 valence electrons. The Morgan fingerprint density at radius 1 is 0.906 bits per heavy atom. The Hall–Kier alpha value is -0.743. The van der Waals surface area contributed by atoms with E-state index in [1.165, 1.54) is 49.4 Å². The molecule has 0 aliphatic heterocycles. The van der Waals surface area contributed by atoms with Crippen LogP contribution in [0.25, 0.3) is 0 Å². The highest BCUT2D eigenvalue weighted by atomic mass is 28.4. The number of hydrogen-bond acceptors (Lipinski definition) is 3. The predicted octanol–water partition coefficient (Wildman–Crippen LogP) is 7.26. The molecule has 4 rings (SSSR count). The van der Waals surface area contributed by atoms with Crippen LogP contribution in [0.3, 0.4) is 0 Å². The van der Waals surface area contributed by atoms with Crippen LogP contribution in [0.15, 0.2) is 11.6 Å². The zero-order chi connectivity index (χ0) is 23.0. The maximum Gasteiger partial charge on any atom is 0.192 e. The molecular weight excluding hydrogens is 412 g/mol. The molecule has 0 heterocycles. The first-order chi connectivity index (χ1) is 15.3. The Kier molecular flexibility index (Phi) is 7.23. The number of fused-ring (bicyclic) bond motifs is 5. The third-order valence-corrected chi connectivity index (χ3v) is 15.1. The van der Waals surface area contributed by atoms with Gasteiger partial charge in [0.1, 0.15) is 5.78 Å². The summed E-state index contributed by atoms with van der Waals surface area (Å²) in [4.78, 5) is 25.3. The van der Waals surface area contributed by atoms with Gasteiger partial charge in [0.2, 0.25) is 0 Å². The normalized spacial score (nSPS) is 37.0. The van der Waals surface area contributed by atoms with E-state index in [9.17, 15) is 9.59 Å². The lowest BCUT2D eigenvalue weighted by molar-refractivity contribution is -0.133. The van der Waals surface area contributed by atoms with Crippen LogP contribution < -0.4 is 0 Å². The highest BCUT2D eigenvalue weighted by Gasteiger charge is 2.60. The maximum absolute atomic E-state index is 12.8. The predicted molar refractivity (Wildman–Crippen MR) is 133 cm³/mol. The molecule has 5 atom stereocenters. The van der Waals surface area contributed by atoms with E-state index in [0.29, 0.717) is 35.7 Å². The van der Waals surface area contributed by atoms with Crippen molar-refractivity contribution in [1.82, 2.24) is 0 Å². The van der Waals surface area contributed by atoms with Gasteiger partial charge in [0.15, 0.2) is 14.1 Å². The lowest BCUT2D eigenvalue weighted by Crippen LogP contribution is -2.54. The first-order valence-electron chi connectivity index (χ1n) is 13.8. The van der Waals surface area contributed by atoms with E-state index in [1.54, 1.807) is 0 Å². The van der Waals surface area contributed by atoms with Crippen LogP contribution in [-0.2, 0) is 14.0 Å². The van der Waals surface area contributed by atoms with Crippen molar-refractivity contribution < 1.29 is 14.0 Å². The van der Waals surface area contributed by atoms with E-state index >= 15 is 0 Å². The summed E-state index contributed by atoms with van der Waals surface area (Å²) in [6.45, 7) is 10.1. The van der Waals surface area contributed by atoms with Gasteiger partial charge in [-0.3, -0.25) is 9.59 Å². The molecule has 0 unspecified atom stereocenters. The van der Waals surface area contributed by atoms with Gasteiger partial charge in [0.25, 0.3) is 0 Å². The van der Waals surface area contributed by atoms with Crippen LogP contribution in [-0.4, -0.2) is 26.5 Å². The molecule has 0 spiro atoms. The van der Waals surface area contributed by atoms with Crippen molar-refractivity contribution >= 4 is 19.9 Å². The lowest BCUT2D eigenvalue weighted by Gasteiger charge is -2.58. The third kappa shape index (κ3) is 4.02. The molecule has 3 nitrogen and oxygen atoms in total. The fourth-order valence-electron chi connectivity index (χ4n) is 8.64. The molecule has 0 N–H and O–H groups in total. The molecule has 4 aliphatic rings. The minimum atomic E-state index is -1.75. The van der Waals surface area contributed by atoms with Crippen LogP contribution in [0, 0.1) is 28.6 Å². The van der Waals surface area contributed by atoms with Crippen molar-refractivity contribution in [1.29, 1.82) is 0 Å². The summed E-state index contributed by atoms with van der Waals surface area (Å²) in [5.41, 5.74) is 1.38. The van der Waals surface area contributed by atoms with Crippen LogP contribution in [0.2, 0.25) is 18.1 Å². The van der Waals surface area contributed by atoms with Gasteiger partial charge in [-0.05, 0) is 80.5 Å². The Bertz CT molecular complexity index is 741. The van der Waals surface area contributed by atoms with E-state index in [1.807, 2.05) is 6.08 Å². The number of carbonyl (C=O) groups is 2. The summed E-state index contributed by atoms with van der Waals surface area (Å²) < 4.78 is 7.21. The monoisotopic (exact) mass is 458 g/mol. The average Bonchev–Trinajstić information content (AvgIpc) is 3.07. The second-order valence-corrected chi connectivity index (χ2v) is 16.0. The highest BCUT2D eigenvalue weighted by Crippen LogP contribution is 2.64. The Morgan fingerprint density at radius 3 is 2.25 bits per heavy atom. The van der Waals surface area contributed by atoms with Crippen LogP contribution in [0.4, 0.5) is 0 Å². The second kappa shape index (κ2) is 9.48. The standard InChI is InChI=1S/C28H46O3Si/c1-5-16-32(17-6-2,18-7-3)31-20-28-15-12-22(29)19-21(28)8-9-23-24-10-11-26(30)27(24,4)14-13-25(23)28/h19,23-25H,5-18,20H2,1-4H3/t23-,24-,25-,27-,28+/m0/s1. The van der Waals surface area contributed by atoms with Gasteiger partial charge in [0.05, 0.1) is 0 Å². The molecule has 4 aliphatic carbocycles. The molecule has 3 fully saturated rings. The molecule has 0 aromatic carbocycles. The van der Waals surface area contributed by atoms with E-state index in [0.717, 1.165) is 45.1 Å². The largest absolute Gasteiger partial charge is 0.416 e. The minimum Gasteiger partial charge on any atom is -0.416 e. The van der Waals surface area contributed by atoms with Crippen molar-refractivity contribution in [3.63, 3.8) is 0 Å². The SMILES string of the molecule is CCC[Si](CCC)(CCC)OC[C@]12CCC(=O)C=C1CC[C@@H]1[C@@H]2CC[C@]2(C)C(=O)CC[C@@H]12. The minimum absolute atomic E-state index is 0.0528. The summed E-state index contributed by atoms with van der Waals surface area (Å²) >= 11 is 0. The van der Waals surface area contributed by atoms with Crippen LogP contribution in [0.5, 0.6) is 0 Å². The molecule has 4 heteroatoms. The number of ketones is 2. The zero-order valence-corrected chi connectivity index (χ0v) is 22.1. The number of Topliss-reactive ketones (excluding diaryl/α,β-unsaturated/α-hetero) is 1. The van der Waals surface area contributed by atoms with E-state index < -0.39 is 8.32 Å². The highest BCUT2D eigenvalue weighted by molar-refractivity contribution is 6.73. The van der Waals surface area contributed by atoms with E-state index in [2.05, 4.69) is 27.7 Å². The lowest BCUT2D eigenvalue weighted by atomic mass is 9.47. The Morgan fingerprint density at radius 2 is 1.59 bits per heavy atom. The third-order valence-electron chi connectivity index (χ3n) is 10.1. The molecule has 32 heavy (non-hydrogen) atoms. The average molecular weight is 459 g/mol. The van der Waals surface area contributed by atoms with Gasteiger partial charge in [-0.2, -0.15) is 0 Å². The topological polar surface area (TPSA) is 43.4 Å². The van der Waals surface area contributed by atoms with Crippen molar-refractivity contribution in [3.8, 4) is 0 Å². The van der Waals surface area contributed by atoms with E-state index in [4.69, 9.17) is 4.43 Å². The van der Waals surface area contributed by atoms with Crippen molar-refractivity contribution in [2.75, 3.05) is 6.61 Å². The van der Waals surface area contributed by atoms with Crippen molar-refractivity contribution in [2.24, 2.45) is 28.6 Å². The summed E-state index contributed by atoms with van der Waals surface area (Å²) in [7, 11) is -1.75. The van der Waals surface area contributed by atoms with Gasteiger partial charge >= 0.3 is 0 Å². The summed E-state index contributed by atoms with van der Waals surface area (Å²) in [5.74, 6) is 2.62. The summed E-state index contributed by atoms with van der Waals surface area (Å²) in [6.07, 6.45) is 13.6. The summed E-state index contributed by atoms with van der Waals surface area (Å²) in [6, 6.07) is 3.81. The fourth-order valence-corrected chi connectivity index (χ4v) is 13.1. The second-order valence-electron chi connectivity index (χ2n) is 11.8. The maximum atomic E-state index is 12.8. The van der Waals surface area contributed by atoms with Gasteiger partial charge < -0.3 is 4.43 Å². The van der Waals surface area contributed by atoms with Gasteiger partial charge in [-0.15, -0.1) is 0 Å². The first kappa shape index (κ1) is 24.4. The number of hydrogen-bond donors (Lipinski definition) is 0. The molecule has 3 saturated carbocycles. The molecule has 0 radical (unpaired) electrons. The Balaban J connectivity index is 1.66. The first-order valence-corrected chi connectivity index (χ1v) is 16.3. The molecular formula is C28H46O3Si. The van der Waals surface area contributed by atoms with Crippen LogP contribution in [0.1, 0.15) is 98.3 Å². The molecule has 0 aromatic heterocycles. The van der Waals surface area contributed by atoms with Crippen molar-refractivity contribution in [3.05, 3.63) is 11.6 Å².